The zero-order valence-corrected chi connectivity index (χ0v) is 11.7. The second-order valence-electron chi connectivity index (χ2n) is 4.97. The largest absolute Gasteiger partial charge is 0.451 e. The lowest BCUT2D eigenvalue weighted by molar-refractivity contribution is 0.0692. The van der Waals surface area contributed by atoms with E-state index < -0.39 is 0 Å². The van der Waals surface area contributed by atoms with E-state index in [4.69, 9.17) is 16.0 Å². The molecule has 0 bridgehead atoms. The maximum atomic E-state index is 12.3. The second kappa shape index (κ2) is 5.29. The van der Waals surface area contributed by atoms with E-state index in [9.17, 15) is 9.59 Å². The molecular formula is C15H14ClNO3. The molecule has 0 aliphatic carbocycles. The van der Waals surface area contributed by atoms with Crippen LogP contribution in [-0.4, -0.2) is 23.9 Å². The van der Waals surface area contributed by atoms with Crippen LogP contribution in [0.25, 0.3) is 11.0 Å². The Kier molecular flexibility index (Phi) is 3.49. The smallest absolute Gasteiger partial charge is 0.289 e. The molecule has 0 spiro atoms. The topological polar surface area (TPSA) is 50.5 Å². The van der Waals surface area contributed by atoms with Crippen LogP contribution in [0.1, 0.15) is 29.8 Å². The fourth-order valence-corrected chi connectivity index (χ4v) is 2.66. The van der Waals surface area contributed by atoms with Crippen molar-refractivity contribution in [3.05, 3.63) is 45.3 Å². The summed E-state index contributed by atoms with van der Waals surface area (Å²) >= 11 is 5.86. The van der Waals surface area contributed by atoms with E-state index in [1.165, 1.54) is 6.07 Å². The van der Waals surface area contributed by atoms with Gasteiger partial charge in [-0.2, -0.15) is 0 Å². The van der Waals surface area contributed by atoms with Gasteiger partial charge >= 0.3 is 0 Å². The molecule has 1 amide bonds. The molecule has 1 aromatic heterocycles. The average molecular weight is 292 g/mol. The monoisotopic (exact) mass is 291 g/mol. The van der Waals surface area contributed by atoms with Crippen molar-refractivity contribution in [2.75, 3.05) is 13.1 Å². The first-order valence-corrected chi connectivity index (χ1v) is 7.05. The number of piperidine rings is 1. The Morgan fingerprint density at radius 2 is 1.90 bits per heavy atom. The molecule has 5 heteroatoms. The molecule has 1 aliphatic rings. The molecule has 20 heavy (non-hydrogen) atoms. The van der Waals surface area contributed by atoms with Gasteiger partial charge in [0.2, 0.25) is 0 Å². The van der Waals surface area contributed by atoms with Gasteiger partial charge in [0.1, 0.15) is 5.58 Å². The zero-order valence-electron chi connectivity index (χ0n) is 10.9. The van der Waals surface area contributed by atoms with Crippen LogP contribution < -0.4 is 5.43 Å². The van der Waals surface area contributed by atoms with Gasteiger partial charge in [0.15, 0.2) is 11.2 Å². The predicted molar refractivity (Wildman–Crippen MR) is 77.2 cm³/mol. The number of halogens is 1. The number of nitrogens with zero attached hydrogens (tertiary/aromatic N) is 1. The highest BCUT2D eigenvalue weighted by atomic mass is 35.5. The standard InChI is InChI=1S/C15H14ClNO3/c16-10-4-5-13-11(8-10)12(18)9-14(20-13)15(19)17-6-2-1-3-7-17/h4-5,8-9H,1-3,6-7H2. The molecule has 4 nitrogen and oxygen atoms in total. The number of likely N-dealkylation sites (tertiary alicyclic amines) is 1. The number of benzene rings is 1. The first kappa shape index (κ1) is 13.2. The molecule has 0 atom stereocenters. The molecule has 0 saturated carbocycles. The van der Waals surface area contributed by atoms with E-state index in [2.05, 4.69) is 0 Å². The summed E-state index contributed by atoms with van der Waals surface area (Å²) in [5, 5.41) is 0.868. The van der Waals surface area contributed by atoms with Crippen LogP contribution >= 0.6 is 11.6 Å². The normalized spacial score (nSPS) is 15.6. The Hall–Kier alpha value is -1.81. The summed E-state index contributed by atoms with van der Waals surface area (Å²) in [5.41, 5.74) is 0.149. The SMILES string of the molecule is O=C(c1cc(=O)c2cc(Cl)ccc2o1)N1CCCCC1. The van der Waals surface area contributed by atoms with Crippen molar-refractivity contribution in [1.82, 2.24) is 4.90 Å². The second-order valence-corrected chi connectivity index (χ2v) is 5.40. The summed E-state index contributed by atoms with van der Waals surface area (Å²) in [7, 11) is 0. The highest BCUT2D eigenvalue weighted by Crippen LogP contribution is 2.19. The molecule has 1 aliphatic heterocycles. The quantitative estimate of drug-likeness (QED) is 0.811. The van der Waals surface area contributed by atoms with Crippen molar-refractivity contribution in [2.24, 2.45) is 0 Å². The van der Waals surface area contributed by atoms with Crippen LogP contribution in [0.4, 0.5) is 0 Å². The highest BCUT2D eigenvalue weighted by Gasteiger charge is 2.21. The van der Waals surface area contributed by atoms with E-state index in [-0.39, 0.29) is 17.1 Å². The Labute approximate surface area is 120 Å². The molecular weight excluding hydrogens is 278 g/mol. The van der Waals surface area contributed by atoms with Crippen molar-refractivity contribution >= 4 is 28.5 Å². The molecule has 0 N–H and O–H groups in total. The van der Waals surface area contributed by atoms with Gasteiger partial charge in [-0.05, 0) is 37.5 Å². The fraction of sp³-hybridized carbons (Fsp3) is 0.333. The van der Waals surface area contributed by atoms with Crippen LogP contribution in [0, 0.1) is 0 Å². The molecule has 0 unspecified atom stereocenters. The lowest BCUT2D eigenvalue weighted by Gasteiger charge is -2.26. The summed E-state index contributed by atoms with van der Waals surface area (Å²) in [6.07, 6.45) is 3.14. The molecule has 0 radical (unpaired) electrons. The fourth-order valence-electron chi connectivity index (χ4n) is 2.49. The van der Waals surface area contributed by atoms with Gasteiger partial charge in [-0.25, -0.2) is 0 Å². The van der Waals surface area contributed by atoms with E-state index in [1.54, 1.807) is 23.1 Å². The Morgan fingerprint density at radius 1 is 1.15 bits per heavy atom. The maximum Gasteiger partial charge on any atom is 0.289 e. The summed E-state index contributed by atoms with van der Waals surface area (Å²) in [6.45, 7) is 1.45. The number of hydrogen-bond acceptors (Lipinski definition) is 3. The summed E-state index contributed by atoms with van der Waals surface area (Å²) < 4.78 is 5.56. The van der Waals surface area contributed by atoms with Crippen LogP contribution in [0.3, 0.4) is 0 Å². The maximum absolute atomic E-state index is 12.3. The minimum atomic E-state index is -0.242. The molecule has 2 heterocycles. The number of rotatable bonds is 1. The minimum Gasteiger partial charge on any atom is -0.451 e. The third-order valence-corrected chi connectivity index (χ3v) is 3.78. The van der Waals surface area contributed by atoms with Crippen molar-refractivity contribution < 1.29 is 9.21 Å². The third kappa shape index (κ3) is 2.43. The van der Waals surface area contributed by atoms with Gasteiger partial charge in [-0.15, -0.1) is 0 Å². The van der Waals surface area contributed by atoms with Crippen molar-refractivity contribution in [2.45, 2.75) is 19.3 Å². The van der Waals surface area contributed by atoms with Crippen molar-refractivity contribution in [3.8, 4) is 0 Å². The average Bonchev–Trinajstić information content (AvgIpc) is 2.48. The lowest BCUT2D eigenvalue weighted by atomic mass is 10.1. The first-order chi connectivity index (χ1) is 9.65. The van der Waals surface area contributed by atoms with Crippen LogP contribution in [0.15, 0.2) is 33.5 Å². The van der Waals surface area contributed by atoms with Crippen LogP contribution in [0.5, 0.6) is 0 Å². The van der Waals surface area contributed by atoms with Crippen LogP contribution in [0.2, 0.25) is 5.02 Å². The lowest BCUT2D eigenvalue weighted by Crippen LogP contribution is -2.35. The van der Waals surface area contributed by atoms with Crippen LogP contribution in [-0.2, 0) is 0 Å². The number of carbonyl (C=O) groups excluding carboxylic acids is 1. The van der Waals surface area contributed by atoms with Crippen molar-refractivity contribution in [3.63, 3.8) is 0 Å². The Bertz CT molecular complexity index is 717. The summed E-state index contributed by atoms with van der Waals surface area (Å²) in [5.74, 6) is -0.106. The highest BCUT2D eigenvalue weighted by molar-refractivity contribution is 6.31. The van der Waals surface area contributed by atoms with E-state index in [1.807, 2.05) is 0 Å². The summed E-state index contributed by atoms with van der Waals surface area (Å²) in [4.78, 5) is 26.1. The number of carbonyl (C=O) groups is 1. The van der Waals surface area contributed by atoms with E-state index in [0.29, 0.717) is 16.0 Å². The number of hydrogen-bond donors (Lipinski definition) is 0. The van der Waals surface area contributed by atoms with Gasteiger partial charge in [0, 0.05) is 24.2 Å². The van der Waals surface area contributed by atoms with Gasteiger partial charge < -0.3 is 9.32 Å². The number of amides is 1. The Balaban J connectivity index is 2.02. The third-order valence-electron chi connectivity index (χ3n) is 3.54. The van der Waals surface area contributed by atoms with E-state index in [0.717, 1.165) is 32.4 Å². The van der Waals surface area contributed by atoms with E-state index >= 15 is 0 Å². The molecule has 2 aromatic rings. The molecule has 3 rings (SSSR count). The predicted octanol–water partition coefficient (Wildman–Crippen LogP) is 3.07. The van der Waals surface area contributed by atoms with Crippen molar-refractivity contribution in [1.29, 1.82) is 0 Å². The minimum absolute atomic E-state index is 0.103. The Morgan fingerprint density at radius 3 is 2.65 bits per heavy atom. The molecule has 1 fully saturated rings. The first-order valence-electron chi connectivity index (χ1n) is 6.68. The number of fused-ring (bicyclic) bond motifs is 1. The molecule has 104 valence electrons. The van der Waals surface area contributed by atoms with Gasteiger partial charge in [0.25, 0.3) is 5.91 Å². The molecule has 1 saturated heterocycles. The van der Waals surface area contributed by atoms with Gasteiger partial charge in [0.05, 0.1) is 5.39 Å². The van der Waals surface area contributed by atoms with Gasteiger partial charge in [-0.1, -0.05) is 11.6 Å². The summed E-state index contributed by atoms with van der Waals surface area (Å²) in [6, 6.07) is 6.07. The zero-order chi connectivity index (χ0) is 14.1. The molecule has 1 aromatic carbocycles. The van der Waals surface area contributed by atoms with Gasteiger partial charge in [-0.3, -0.25) is 9.59 Å².